The van der Waals surface area contributed by atoms with E-state index >= 15 is 0 Å². The number of allylic oxidation sites excluding steroid dienone is 2. The summed E-state index contributed by atoms with van der Waals surface area (Å²) in [5.74, 6) is 0.106. The average Bonchev–Trinajstić information content (AvgIpc) is 1.94. The van der Waals surface area contributed by atoms with Gasteiger partial charge in [-0.05, 0) is 30.6 Å². The molecule has 0 amide bonds. The third kappa shape index (κ3) is 1.64. The van der Waals surface area contributed by atoms with E-state index in [9.17, 15) is 9.90 Å². The van der Waals surface area contributed by atoms with E-state index in [4.69, 9.17) is 0 Å². The number of carbonyl (C=O) groups is 1. The van der Waals surface area contributed by atoms with Crippen molar-refractivity contribution in [2.45, 2.75) is 26.4 Å². The standard InChI is InChI=1S/C10H14O2/c1-7(2)8-4-5-10(3,12)9(11)6-8/h4-7,12H,1-3H3/t10-/m0/s1. The van der Waals surface area contributed by atoms with Crippen LogP contribution in [0.3, 0.4) is 0 Å². The van der Waals surface area contributed by atoms with E-state index in [-0.39, 0.29) is 5.78 Å². The van der Waals surface area contributed by atoms with E-state index in [0.717, 1.165) is 5.57 Å². The molecule has 1 atom stereocenters. The summed E-state index contributed by atoms with van der Waals surface area (Å²) >= 11 is 0. The van der Waals surface area contributed by atoms with Gasteiger partial charge in [-0.15, -0.1) is 0 Å². The van der Waals surface area contributed by atoms with E-state index in [1.807, 2.05) is 19.9 Å². The minimum atomic E-state index is -1.29. The molecule has 1 N–H and O–H groups in total. The number of hydrogen-bond acceptors (Lipinski definition) is 2. The van der Waals surface area contributed by atoms with Gasteiger partial charge in [0, 0.05) is 0 Å². The van der Waals surface area contributed by atoms with Crippen molar-refractivity contribution in [1.82, 2.24) is 0 Å². The summed E-state index contributed by atoms with van der Waals surface area (Å²) in [6.45, 7) is 5.53. The van der Waals surface area contributed by atoms with Crippen LogP contribution in [0.25, 0.3) is 0 Å². The second kappa shape index (κ2) is 2.87. The van der Waals surface area contributed by atoms with E-state index in [1.54, 1.807) is 6.08 Å². The lowest BCUT2D eigenvalue weighted by atomic mass is 9.88. The number of rotatable bonds is 1. The molecule has 0 heterocycles. The molecule has 0 bridgehead atoms. The zero-order valence-electron chi connectivity index (χ0n) is 7.66. The summed E-state index contributed by atoms with van der Waals surface area (Å²) in [7, 11) is 0. The lowest BCUT2D eigenvalue weighted by Crippen LogP contribution is -2.33. The zero-order valence-corrected chi connectivity index (χ0v) is 7.66. The molecule has 0 saturated carbocycles. The summed E-state index contributed by atoms with van der Waals surface area (Å²) < 4.78 is 0. The van der Waals surface area contributed by atoms with Gasteiger partial charge in [0.2, 0.25) is 0 Å². The fourth-order valence-electron chi connectivity index (χ4n) is 1.05. The first-order valence-electron chi connectivity index (χ1n) is 4.11. The maximum atomic E-state index is 11.3. The monoisotopic (exact) mass is 166 g/mol. The highest BCUT2D eigenvalue weighted by atomic mass is 16.3. The average molecular weight is 166 g/mol. The van der Waals surface area contributed by atoms with Crippen molar-refractivity contribution >= 4 is 5.78 Å². The van der Waals surface area contributed by atoms with Gasteiger partial charge in [-0.25, -0.2) is 0 Å². The molecular formula is C10H14O2. The molecule has 0 aromatic rings. The summed E-state index contributed by atoms with van der Waals surface area (Å²) in [5, 5.41) is 9.46. The first-order valence-corrected chi connectivity index (χ1v) is 4.11. The third-order valence-electron chi connectivity index (χ3n) is 2.06. The number of aliphatic hydroxyl groups is 1. The number of ketones is 1. The topological polar surface area (TPSA) is 37.3 Å². The van der Waals surface area contributed by atoms with Gasteiger partial charge in [-0.3, -0.25) is 4.79 Å². The largest absolute Gasteiger partial charge is 0.378 e. The van der Waals surface area contributed by atoms with Crippen molar-refractivity contribution in [3.63, 3.8) is 0 Å². The zero-order chi connectivity index (χ0) is 9.35. The van der Waals surface area contributed by atoms with E-state index < -0.39 is 5.60 Å². The van der Waals surface area contributed by atoms with Gasteiger partial charge in [0.05, 0.1) is 0 Å². The van der Waals surface area contributed by atoms with Crippen LogP contribution in [0.1, 0.15) is 20.8 Å². The second-order valence-electron chi connectivity index (χ2n) is 3.64. The highest BCUT2D eigenvalue weighted by Crippen LogP contribution is 2.21. The number of carbonyl (C=O) groups excluding carboxylic acids is 1. The highest BCUT2D eigenvalue weighted by molar-refractivity contribution is 6.00. The van der Waals surface area contributed by atoms with Crippen LogP contribution in [-0.2, 0) is 4.79 Å². The summed E-state index contributed by atoms with van der Waals surface area (Å²) in [6.07, 6.45) is 4.88. The van der Waals surface area contributed by atoms with Crippen LogP contribution < -0.4 is 0 Å². The minimum absolute atomic E-state index is 0.228. The summed E-state index contributed by atoms with van der Waals surface area (Å²) in [4.78, 5) is 11.3. The fourth-order valence-corrected chi connectivity index (χ4v) is 1.05. The molecule has 0 aliphatic heterocycles. The van der Waals surface area contributed by atoms with Crippen LogP contribution in [0.2, 0.25) is 0 Å². The lowest BCUT2D eigenvalue weighted by molar-refractivity contribution is -0.126. The van der Waals surface area contributed by atoms with Crippen molar-refractivity contribution in [3.8, 4) is 0 Å². The molecule has 12 heavy (non-hydrogen) atoms. The van der Waals surface area contributed by atoms with Gasteiger partial charge in [0.1, 0.15) is 5.60 Å². The molecule has 66 valence electrons. The predicted octanol–water partition coefficient (Wildman–Crippen LogP) is 1.46. The molecule has 0 spiro atoms. The molecule has 0 radical (unpaired) electrons. The van der Waals surface area contributed by atoms with Gasteiger partial charge in [0.15, 0.2) is 5.78 Å². The summed E-state index contributed by atoms with van der Waals surface area (Å²) in [5.41, 5.74) is -0.315. The molecule has 0 fully saturated rings. The Bertz CT molecular complexity index is 257. The van der Waals surface area contributed by atoms with Gasteiger partial charge < -0.3 is 5.11 Å². The van der Waals surface area contributed by atoms with Gasteiger partial charge in [0.25, 0.3) is 0 Å². The first kappa shape index (κ1) is 9.20. The molecule has 1 aliphatic rings. The molecule has 2 heteroatoms. The molecule has 1 aliphatic carbocycles. The quantitative estimate of drug-likeness (QED) is 0.640. The van der Waals surface area contributed by atoms with Crippen molar-refractivity contribution in [2.24, 2.45) is 5.92 Å². The van der Waals surface area contributed by atoms with Crippen molar-refractivity contribution in [3.05, 3.63) is 23.8 Å². The predicted molar refractivity (Wildman–Crippen MR) is 47.7 cm³/mol. The Morgan fingerprint density at radius 2 is 2.08 bits per heavy atom. The van der Waals surface area contributed by atoms with Crippen LogP contribution in [0.15, 0.2) is 23.8 Å². The Balaban J connectivity index is 2.91. The highest BCUT2D eigenvalue weighted by Gasteiger charge is 2.28. The molecule has 1 rings (SSSR count). The van der Waals surface area contributed by atoms with Crippen LogP contribution >= 0.6 is 0 Å². The summed E-state index contributed by atoms with van der Waals surface area (Å²) in [6, 6.07) is 0. The molecule has 0 aromatic carbocycles. The van der Waals surface area contributed by atoms with Crippen LogP contribution in [-0.4, -0.2) is 16.5 Å². The molecule has 0 unspecified atom stereocenters. The van der Waals surface area contributed by atoms with Crippen molar-refractivity contribution in [2.75, 3.05) is 0 Å². The normalized spacial score (nSPS) is 29.4. The SMILES string of the molecule is CC(C)C1=CC(=O)[C@@](C)(O)C=C1. The molecule has 0 aromatic heterocycles. The van der Waals surface area contributed by atoms with E-state index in [1.165, 1.54) is 13.0 Å². The van der Waals surface area contributed by atoms with E-state index in [0.29, 0.717) is 5.92 Å². The smallest absolute Gasteiger partial charge is 0.191 e. The minimum Gasteiger partial charge on any atom is -0.378 e. The maximum Gasteiger partial charge on any atom is 0.191 e. The van der Waals surface area contributed by atoms with Crippen LogP contribution in [0.4, 0.5) is 0 Å². The Morgan fingerprint density at radius 3 is 2.50 bits per heavy atom. The molecule has 2 nitrogen and oxygen atoms in total. The van der Waals surface area contributed by atoms with Crippen molar-refractivity contribution in [1.29, 1.82) is 0 Å². The molecular weight excluding hydrogens is 152 g/mol. The Kier molecular flexibility index (Phi) is 2.20. The van der Waals surface area contributed by atoms with Crippen molar-refractivity contribution < 1.29 is 9.90 Å². The fraction of sp³-hybridized carbons (Fsp3) is 0.500. The molecule has 0 saturated heterocycles. The van der Waals surface area contributed by atoms with Crippen LogP contribution in [0, 0.1) is 5.92 Å². The number of hydrogen-bond donors (Lipinski definition) is 1. The van der Waals surface area contributed by atoms with E-state index in [2.05, 4.69) is 0 Å². The lowest BCUT2D eigenvalue weighted by Gasteiger charge is -2.21. The second-order valence-corrected chi connectivity index (χ2v) is 3.64. The van der Waals surface area contributed by atoms with Gasteiger partial charge in [-0.1, -0.05) is 19.9 Å². The first-order chi connectivity index (χ1) is 5.43. The Labute approximate surface area is 72.6 Å². The Morgan fingerprint density at radius 1 is 1.50 bits per heavy atom. The van der Waals surface area contributed by atoms with Gasteiger partial charge >= 0.3 is 0 Å². The third-order valence-corrected chi connectivity index (χ3v) is 2.06. The van der Waals surface area contributed by atoms with Gasteiger partial charge in [-0.2, -0.15) is 0 Å². The maximum absolute atomic E-state index is 11.3. The van der Waals surface area contributed by atoms with Crippen LogP contribution in [0.5, 0.6) is 0 Å². The Hall–Kier alpha value is -0.890.